The SMILES string of the molecule is CSCc1nc2ccccc2n1CC(=O)N1CCC(C(=O)O)C(C)C1. The zero-order chi connectivity index (χ0) is 18.0. The molecule has 2 atom stereocenters. The van der Waals surface area contributed by atoms with E-state index in [9.17, 15) is 14.7 Å². The third-order valence-corrected chi connectivity index (χ3v) is 5.42. The Hall–Kier alpha value is -2.02. The van der Waals surface area contributed by atoms with E-state index < -0.39 is 5.97 Å². The van der Waals surface area contributed by atoms with Gasteiger partial charge in [-0.3, -0.25) is 9.59 Å². The molecule has 0 saturated carbocycles. The van der Waals surface area contributed by atoms with Crippen molar-refractivity contribution in [2.45, 2.75) is 25.6 Å². The summed E-state index contributed by atoms with van der Waals surface area (Å²) in [4.78, 5) is 30.5. The first-order chi connectivity index (χ1) is 12.0. The van der Waals surface area contributed by atoms with Crippen molar-refractivity contribution in [2.75, 3.05) is 19.3 Å². The molecule has 1 aliphatic heterocycles. The maximum Gasteiger partial charge on any atom is 0.306 e. The number of fused-ring (bicyclic) bond motifs is 1. The highest BCUT2D eigenvalue weighted by Gasteiger charge is 2.33. The average molecular weight is 361 g/mol. The zero-order valence-corrected chi connectivity index (χ0v) is 15.3. The molecule has 7 heteroatoms. The summed E-state index contributed by atoms with van der Waals surface area (Å²) < 4.78 is 1.99. The van der Waals surface area contributed by atoms with Gasteiger partial charge in [0.15, 0.2) is 0 Å². The first-order valence-electron chi connectivity index (χ1n) is 8.45. The summed E-state index contributed by atoms with van der Waals surface area (Å²) in [5.74, 6) is 0.532. The van der Waals surface area contributed by atoms with E-state index in [1.54, 1.807) is 16.7 Å². The molecule has 1 saturated heterocycles. The second-order valence-corrected chi connectivity index (χ2v) is 7.45. The van der Waals surface area contributed by atoms with Crippen molar-refractivity contribution >= 4 is 34.7 Å². The summed E-state index contributed by atoms with van der Waals surface area (Å²) in [6.45, 7) is 3.16. The number of aromatic nitrogens is 2. The number of carboxylic acid groups (broad SMARTS) is 1. The van der Waals surface area contributed by atoms with Gasteiger partial charge in [-0.05, 0) is 30.7 Å². The van der Waals surface area contributed by atoms with Crippen LogP contribution in [0, 0.1) is 11.8 Å². The average Bonchev–Trinajstić information content (AvgIpc) is 2.92. The van der Waals surface area contributed by atoms with Gasteiger partial charge in [0.2, 0.25) is 5.91 Å². The van der Waals surface area contributed by atoms with Gasteiger partial charge in [0.1, 0.15) is 12.4 Å². The van der Waals surface area contributed by atoms with Crippen molar-refractivity contribution in [3.63, 3.8) is 0 Å². The molecule has 0 radical (unpaired) electrons. The number of hydrogen-bond donors (Lipinski definition) is 1. The fourth-order valence-electron chi connectivity index (χ4n) is 3.52. The number of carboxylic acids is 1. The molecule has 134 valence electrons. The van der Waals surface area contributed by atoms with E-state index in [0.717, 1.165) is 22.6 Å². The van der Waals surface area contributed by atoms with Crippen LogP contribution in [-0.4, -0.2) is 50.8 Å². The predicted octanol–water partition coefficient (Wildman–Crippen LogP) is 2.47. The van der Waals surface area contributed by atoms with E-state index in [-0.39, 0.29) is 24.3 Å². The van der Waals surface area contributed by atoms with Crippen molar-refractivity contribution in [1.82, 2.24) is 14.5 Å². The summed E-state index contributed by atoms with van der Waals surface area (Å²) in [5.41, 5.74) is 1.87. The van der Waals surface area contributed by atoms with Crippen molar-refractivity contribution < 1.29 is 14.7 Å². The van der Waals surface area contributed by atoms with Crippen LogP contribution in [0.25, 0.3) is 11.0 Å². The highest BCUT2D eigenvalue weighted by Crippen LogP contribution is 2.25. The first-order valence-corrected chi connectivity index (χ1v) is 9.84. The number of aliphatic carboxylic acids is 1. The lowest BCUT2D eigenvalue weighted by Gasteiger charge is -2.35. The van der Waals surface area contributed by atoms with Crippen LogP contribution in [0.15, 0.2) is 24.3 Å². The molecule has 1 aromatic carbocycles. The molecule has 6 nitrogen and oxygen atoms in total. The fourth-order valence-corrected chi connectivity index (χ4v) is 3.99. The molecule has 0 bridgehead atoms. The van der Waals surface area contributed by atoms with Gasteiger partial charge < -0.3 is 14.6 Å². The monoisotopic (exact) mass is 361 g/mol. The Morgan fingerprint density at radius 2 is 2.12 bits per heavy atom. The number of likely N-dealkylation sites (tertiary alicyclic amines) is 1. The molecule has 2 heterocycles. The lowest BCUT2D eigenvalue weighted by molar-refractivity contribution is -0.148. The molecule has 1 aromatic heterocycles. The van der Waals surface area contributed by atoms with Gasteiger partial charge in [-0.25, -0.2) is 4.98 Å². The standard InChI is InChI=1S/C18H23N3O3S/c1-12-9-20(8-7-13(12)18(23)24)17(22)10-21-15-6-4-3-5-14(15)19-16(21)11-25-2/h3-6,12-13H,7-11H2,1-2H3,(H,23,24). The molecule has 0 aliphatic carbocycles. The van der Waals surface area contributed by atoms with E-state index in [2.05, 4.69) is 4.98 Å². The zero-order valence-electron chi connectivity index (χ0n) is 14.5. The van der Waals surface area contributed by atoms with Gasteiger partial charge in [-0.1, -0.05) is 19.1 Å². The largest absolute Gasteiger partial charge is 0.481 e. The molecule has 1 amide bonds. The molecule has 1 aliphatic rings. The topological polar surface area (TPSA) is 75.4 Å². The van der Waals surface area contributed by atoms with Crippen LogP contribution in [0.2, 0.25) is 0 Å². The van der Waals surface area contributed by atoms with Gasteiger partial charge >= 0.3 is 5.97 Å². The Bertz CT molecular complexity index is 789. The van der Waals surface area contributed by atoms with Crippen LogP contribution in [0.3, 0.4) is 0 Å². The second-order valence-electron chi connectivity index (χ2n) is 6.59. The number of thioether (sulfide) groups is 1. The van der Waals surface area contributed by atoms with Crippen LogP contribution < -0.4 is 0 Å². The van der Waals surface area contributed by atoms with Crippen LogP contribution in [-0.2, 0) is 21.9 Å². The molecule has 1 fully saturated rings. The van der Waals surface area contributed by atoms with Crippen molar-refractivity contribution in [3.05, 3.63) is 30.1 Å². The van der Waals surface area contributed by atoms with Crippen LogP contribution in [0.1, 0.15) is 19.2 Å². The Balaban J connectivity index is 1.78. The van der Waals surface area contributed by atoms with Gasteiger partial charge in [0.05, 0.1) is 22.7 Å². The maximum absolute atomic E-state index is 12.8. The molecule has 2 aromatic rings. The Labute approximate surface area is 151 Å². The van der Waals surface area contributed by atoms with E-state index in [4.69, 9.17) is 0 Å². The number of piperidine rings is 1. The lowest BCUT2D eigenvalue weighted by atomic mass is 9.87. The lowest BCUT2D eigenvalue weighted by Crippen LogP contribution is -2.46. The van der Waals surface area contributed by atoms with Gasteiger partial charge in [-0.2, -0.15) is 11.8 Å². The number of nitrogens with zero attached hydrogens (tertiary/aromatic N) is 3. The van der Waals surface area contributed by atoms with Crippen molar-refractivity contribution in [3.8, 4) is 0 Å². The smallest absolute Gasteiger partial charge is 0.306 e. The number of para-hydroxylation sites is 2. The van der Waals surface area contributed by atoms with Crippen molar-refractivity contribution in [1.29, 1.82) is 0 Å². The minimum atomic E-state index is -0.762. The van der Waals surface area contributed by atoms with Gasteiger partial charge in [0, 0.05) is 13.1 Å². The molecular weight excluding hydrogens is 338 g/mol. The first kappa shape index (κ1) is 17.8. The fraction of sp³-hybridized carbons (Fsp3) is 0.500. The maximum atomic E-state index is 12.8. The molecule has 2 unspecified atom stereocenters. The number of imidazole rings is 1. The molecule has 3 rings (SSSR count). The minimum Gasteiger partial charge on any atom is -0.481 e. The van der Waals surface area contributed by atoms with E-state index in [0.29, 0.717) is 19.5 Å². The van der Waals surface area contributed by atoms with Crippen LogP contribution in [0.5, 0.6) is 0 Å². The third-order valence-electron chi connectivity index (χ3n) is 4.88. The summed E-state index contributed by atoms with van der Waals surface area (Å²) in [6.07, 6.45) is 2.54. The highest BCUT2D eigenvalue weighted by molar-refractivity contribution is 7.97. The van der Waals surface area contributed by atoms with E-state index >= 15 is 0 Å². The summed E-state index contributed by atoms with van der Waals surface area (Å²) in [5, 5.41) is 9.24. The quantitative estimate of drug-likeness (QED) is 0.885. The van der Waals surface area contributed by atoms with E-state index in [1.165, 1.54) is 0 Å². The number of carbonyl (C=O) groups excluding carboxylic acids is 1. The Kier molecular flexibility index (Phi) is 5.32. The van der Waals surface area contributed by atoms with Crippen molar-refractivity contribution in [2.24, 2.45) is 11.8 Å². The van der Waals surface area contributed by atoms with Gasteiger partial charge in [0.25, 0.3) is 0 Å². The summed E-state index contributed by atoms with van der Waals surface area (Å²) in [7, 11) is 0. The molecule has 0 spiro atoms. The number of carbonyl (C=O) groups is 2. The highest BCUT2D eigenvalue weighted by atomic mass is 32.2. The predicted molar refractivity (Wildman–Crippen MR) is 98.4 cm³/mol. The van der Waals surface area contributed by atoms with Crippen LogP contribution >= 0.6 is 11.8 Å². The minimum absolute atomic E-state index is 0.0274. The Morgan fingerprint density at radius 3 is 2.80 bits per heavy atom. The number of amides is 1. The normalized spacial score (nSPS) is 20.8. The summed E-state index contributed by atoms with van der Waals surface area (Å²) in [6, 6.07) is 7.84. The van der Waals surface area contributed by atoms with Gasteiger partial charge in [-0.15, -0.1) is 0 Å². The Morgan fingerprint density at radius 1 is 1.36 bits per heavy atom. The molecule has 25 heavy (non-hydrogen) atoms. The third kappa shape index (κ3) is 3.66. The number of hydrogen-bond acceptors (Lipinski definition) is 4. The molecular formula is C18H23N3O3S. The molecule has 1 N–H and O–H groups in total. The van der Waals surface area contributed by atoms with Crippen LogP contribution in [0.4, 0.5) is 0 Å². The number of benzene rings is 1. The van der Waals surface area contributed by atoms with E-state index in [1.807, 2.05) is 42.0 Å². The summed E-state index contributed by atoms with van der Waals surface area (Å²) >= 11 is 1.68. The second kappa shape index (κ2) is 7.47. The number of rotatable bonds is 5.